The van der Waals surface area contributed by atoms with E-state index < -0.39 is 5.92 Å². The Balaban J connectivity index is 1.65. The number of nitriles is 1. The zero-order chi connectivity index (χ0) is 24.2. The minimum absolute atomic E-state index is 0.0127. The summed E-state index contributed by atoms with van der Waals surface area (Å²) < 4.78 is 5.25. The Hall–Kier alpha value is -3.41. The van der Waals surface area contributed by atoms with Gasteiger partial charge < -0.3 is 20.5 Å². The van der Waals surface area contributed by atoms with E-state index in [1.807, 2.05) is 0 Å². The van der Waals surface area contributed by atoms with Crippen molar-refractivity contribution in [2.24, 2.45) is 0 Å². The Kier molecular flexibility index (Phi) is 7.15. The van der Waals surface area contributed by atoms with Gasteiger partial charge in [-0.1, -0.05) is 35.5 Å². The van der Waals surface area contributed by atoms with Crippen molar-refractivity contribution in [1.82, 2.24) is 5.32 Å². The number of Topliss-reactive ketones (excluding diaryl/α,β-unsaturated/α-hetero) is 1. The van der Waals surface area contributed by atoms with Gasteiger partial charge in [-0.3, -0.25) is 9.59 Å². The van der Waals surface area contributed by atoms with Gasteiger partial charge in [-0.05, 0) is 48.7 Å². The summed E-state index contributed by atoms with van der Waals surface area (Å²) in [6.07, 6.45) is 1.80. The van der Waals surface area contributed by atoms with Crippen molar-refractivity contribution in [2.45, 2.75) is 25.2 Å². The zero-order valence-electron chi connectivity index (χ0n) is 18.4. The largest absolute Gasteiger partial charge is 0.504 e. The molecule has 0 spiro atoms. The van der Waals surface area contributed by atoms with Crippen LogP contribution < -0.4 is 15.4 Å². The summed E-state index contributed by atoms with van der Waals surface area (Å²) in [5.74, 6) is -0.583. The van der Waals surface area contributed by atoms with Gasteiger partial charge in [0.1, 0.15) is 0 Å². The topological polar surface area (TPSA) is 111 Å². The molecule has 3 N–H and O–H groups in total. The van der Waals surface area contributed by atoms with Crippen LogP contribution in [0.4, 0.5) is 5.69 Å². The van der Waals surface area contributed by atoms with E-state index in [1.54, 1.807) is 36.4 Å². The van der Waals surface area contributed by atoms with Crippen molar-refractivity contribution in [3.8, 4) is 17.6 Å². The fourth-order valence-electron chi connectivity index (χ4n) is 4.15. The predicted octanol–water partition coefficient (Wildman–Crippen LogP) is 4.86. The molecule has 1 amide bonds. The average Bonchev–Trinajstić information content (AvgIpc) is 2.82. The first-order chi connectivity index (χ1) is 16.4. The highest BCUT2D eigenvalue weighted by atomic mass is 35.5. The summed E-state index contributed by atoms with van der Waals surface area (Å²) in [5.41, 5.74) is 2.92. The van der Waals surface area contributed by atoms with E-state index in [9.17, 15) is 20.0 Å². The first kappa shape index (κ1) is 23.7. The number of amides is 1. The third-order valence-electron chi connectivity index (χ3n) is 5.66. The predicted molar refractivity (Wildman–Crippen MR) is 132 cm³/mol. The van der Waals surface area contributed by atoms with Gasteiger partial charge in [0.15, 0.2) is 17.3 Å². The van der Waals surface area contributed by atoms with Crippen molar-refractivity contribution < 1.29 is 19.4 Å². The van der Waals surface area contributed by atoms with Crippen molar-refractivity contribution in [3.63, 3.8) is 0 Å². The molecular weight excluding hydrogens is 474 g/mol. The Bertz CT molecular complexity index is 1270. The number of ether oxygens (including phenoxy) is 1. The second-order valence-electron chi connectivity index (χ2n) is 7.86. The number of methoxy groups -OCH3 is 1. The molecule has 174 valence electrons. The molecule has 1 aliphatic heterocycles. The first-order valence-corrected chi connectivity index (χ1v) is 12.0. The third-order valence-corrected chi connectivity index (χ3v) is 6.91. The molecule has 7 nitrogen and oxygen atoms in total. The molecule has 0 fully saturated rings. The number of benzene rings is 2. The Morgan fingerprint density at radius 2 is 2.15 bits per heavy atom. The molecular formula is C25H22ClN3O4S. The fourth-order valence-corrected chi connectivity index (χ4v) is 5.20. The molecule has 0 radical (unpaired) electrons. The van der Waals surface area contributed by atoms with E-state index in [4.69, 9.17) is 16.3 Å². The molecule has 2 aromatic carbocycles. The number of aromatic hydroxyl groups is 1. The van der Waals surface area contributed by atoms with Crippen LogP contribution >= 0.6 is 23.4 Å². The number of carbonyl (C=O) groups excluding carboxylic acids is 2. The fraction of sp³-hybridized carbons (Fsp3) is 0.240. The van der Waals surface area contributed by atoms with Crippen LogP contribution in [0.2, 0.25) is 5.02 Å². The van der Waals surface area contributed by atoms with Crippen LogP contribution in [0.5, 0.6) is 11.5 Å². The molecule has 2 aliphatic rings. The molecule has 0 bridgehead atoms. The molecule has 4 rings (SSSR count). The third kappa shape index (κ3) is 4.91. The Labute approximate surface area is 206 Å². The molecule has 0 saturated heterocycles. The number of carbonyl (C=O) groups is 2. The molecule has 2 aromatic rings. The minimum Gasteiger partial charge on any atom is -0.504 e. The van der Waals surface area contributed by atoms with Gasteiger partial charge in [-0.2, -0.15) is 5.26 Å². The summed E-state index contributed by atoms with van der Waals surface area (Å²) in [6.45, 7) is 0. The Morgan fingerprint density at radius 1 is 1.32 bits per heavy atom. The number of thioether (sulfide) groups is 1. The molecule has 0 saturated carbocycles. The van der Waals surface area contributed by atoms with Gasteiger partial charge in [-0.15, -0.1) is 0 Å². The second kappa shape index (κ2) is 10.2. The normalized spacial score (nSPS) is 17.6. The van der Waals surface area contributed by atoms with Crippen LogP contribution in [-0.2, 0) is 9.59 Å². The monoisotopic (exact) mass is 495 g/mol. The highest BCUT2D eigenvalue weighted by Gasteiger charge is 2.37. The summed E-state index contributed by atoms with van der Waals surface area (Å²) in [5, 5.41) is 27.2. The summed E-state index contributed by atoms with van der Waals surface area (Å²) in [7, 11) is 1.44. The average molecular weight is 496 g/mol. The number of hydrogen-bond acceptors (Lipinski definition) is 7. The lowest BCUT2D eigenvalue weighted by atomic mass is 9.77. The van der Waals surface area contributed by atoms with E-state index in [-0.39, 0.29) is 28.9 Å². The van der Waals surface area contributed by atoms with Gasteiger partial charge in [0, 0.05) is 28.4 Å². The molecule has 0 aromatic heterocycles. The van der Waals surface area contributed by atoms with Crippen LogP contribution in [0, 0.1) is 11.3 Å². The number of phenols is 1. The van der Waals surface area contributed by atoms with Crippen molar-refractivity contribution in [3.05, 3.63) is 74.9 Å². The summed E-state index contributed by atoms with van der Waals surface area (Å²) in [6, 6.07) is 13.9. The van der Waals surface area contributed by atoms with Crippen LogP contribution in [-0.4, -0.2) is 29.7 Å². The molecule has 1 heterocycles. The van der Waals surface area contributed by atoms with Crippen molar-refractivity contribution >= 4 is 40.7 Å². The number of nitrogens with zero attached hydrogens (tertiary/aromatic N) is 1. The SMILES string of the molecule is COc1cc([C@H]2C(C#N)=C(SCC(=O)Nc3cccc(Cl)c3)NC3=C2C(=O)CCC3)ccc1O. The molecule has 9 heteroatoms. The van der Waals surface area contributed by atoms with Gasteiger partial charge in [0.05, 0.1) is 35.5 Å². The summed E-state index contributed by atoms with van der Waals surface area (Å²) in [4.78, 5) is 25.5. The van der Waals surface area contributed by atoms with Crippen molar-refractivity contribution in [2.75, 3.05) is 18.2 Å². The number of dihydropyridines is 1. The van der Waals surface area contributed by atoms with Crippen molar-refractivity contribution in [1.29, 1.82) is 5.26 Å². The number of halogens is 1. The van der Waals surface area contributed by atoms with E-state index in [0.717, 1.165) is 5.70 Å². The second-order valence-corrected chi connectivity index (χ2v) is 9.28. The number of nitrogens with one attached hydrogen (secondary N) is 2. The maximum Gasteiger partial charge on any atom is 0.234 e. The number of phenolic OH excluding ortho intramolecular Hbond substituents is 1. The number of anilines is 1. The van der Waals surface area contributed by atoms with E-state index in [1.165, 1.54) is 24.9 Å². The number of hydrogen-bond donors (Lipinski definition) is 3. The standard InChI is InChI=1S/C25H22ClN3O4S/c1-33-21-10-14(8-9-19(21)30)23-17(12-27)25(29-18-6-3-7-20(31)24(18)23)34-13-22(32)28-16-5-2-4-15(26)11-16/h2,4-5,8-11,23,29-30H,3,6-7,13H2,1H3,(H,28,32)/t23-/m0/s1. The molecule has 1 atom stereocenters. The van der Waals surface area contributed by atoms with E-state index >= 15 is 0 Å². The number of ketones is 1. The highest BCUT2D eigenvalue weighted by molar-refractivity contribution is 8.03. The number of allylic oxidation sites excluding steroid dienone is 3. The maximum atomic E-state index is 12.9. The van der Waals surface area contributed by atoms with Gasteiger partial charge in [0.25, 0.3) is 0 Å². The minimum atomic E-state index is -0.609. The lowest BCUT2D eigenvalue weighted by Crippen LogP contribution is -2.31. The lowest BCUT2D eigenvalue weighted by molar-refractivity contribution is -0.116. The van der Waals surface area contributed by atoms with Gasteiger partial charge in [-0.25, -0.2) is 0 Å². The smallest absolute Gasteiger partial charge is 0.234 e. The molecule has 0 unspecified atom stereocenters. The van der Waals surface area contributed by atoms with Crippen LogP contribution in [0.15, 0.2) is 64.3 Å². The highest BCUT2D eigenvalue weighted by Crippen LogP contribution is 2.45. The zero-order valence-corrected chi connectivity index (χ0v) is 19.9. The molecule has 1 aliphatic carbocycles. The van der Waals surface area contributed by atoms with Gasteiger partial charge >= 0.3 is 0 Å². The van der Waals surface area contributed by atoms with Gasteiger partial charge in [0.2, 0.25) is 5.91 Å². The molecule has 34 heavy (non-hydrogen) atoms. The quantitative estimate of drug-likeness (QED) is 0.525. The first-order valence-electron chi connectivity index (χ1n) is 10.6. The van der Waals surface area contributed by atoms with Crippen LogP contribution in [0.25, 0.3) is 0 Å². The van der Waals surface area contributed by atoms with E-state index in [0.29, 0.717) is 51.7 Å². The van der Waals surface area contributed by atoms with Crippen LogP contribution in [0.3, 0.4) is 0 Å². The van der Waals surface area contributed by atoms with E-state index in [2.05, 4.69) is 16.7 Å². The lowest BCUT2D eigenvalue weighted by Gasteiger charge is -2.33. The Morgan fingerprint density at radius 3 is 2.88 bits per heavy atom. The van der Waals surface area contributed by atoms with Crippen LogP contribution in [0.1, 0.15) is 30.7 Å². The maximum absolute atomic E-state index is 12.9. The summed E-state index contributed by atoms with van der Waals surface area (Å²) >= 11 is 7.19. The number of rotatable bonds is 6.